The van der Waals surface area contributed by atoms with Gasteiger partial charge in [-0.15, -0.1) is 0 Å². The zero-order valence-electron chi connectivity index (χ0n) is 12.8. The van der Waals surface area contributed by atoms with Crippen molar-refractivity contribution in [2.24, 2.45) is 5.10 Å². The van der Waals surface area contributed by atoms with Crippen LogP contribution >= 0.6 is 0 Å². The topological polar surface area (TPSA) is 120 Å². The number of hydrazone groups is 1. The molecule has 0 aromatic heterocycles. The Labute approximate surface area is 132 Å². The van der Waals surface area contributed by atoms with Crippen molar-refractivity contribution in [1.29, 1.82) is 0 Å². The quantitative estimate of drug-likeness (QED) is 0.334. The lowest BCUT2D eigenvalue weighted by atomic mass is 10.3. The summed E-state index contributed by atoms with van der Waals surface area (Å²) in [4.78, 5) is 32.7. The van der Waals surface area contributed by atoms with Gasteiger partial charge in [0, 0.05) is 17.8 Å². The van der Waals surface area contributed by atoms with Crippen molar-refractivity contribution >= 4 is 23.3 Å². The van der Waals surface area contributed by atoms with Gasteiger partial charge in [-0.2, -0.15) is 5.10 Å². The first-order valence-electron chi connectivity index (χ1n) is 6.77. The standard InChI is InChI=1S/C14H17N3O6/c1-3-22-14(19)8-10(2)15-16-13(18)9-23-12-6-4-11(5-7-12)17(20)21/h4-7H,3,8-9H2,1-2H3,(H,16,18). The minimum atomic E-state index is -0.530. The average molecular weight is 323 g/mol. The van der Waals surface area contributed by atoms with Crippen LogP contribution in [-0.2, 0) is 14.3 Å². The molecule has 0 saturated heterocycles. The monoisotopic (exact) mass is 323 g/mol. The number of carbonyl (C=O) groups is 2. The van der Waals surface area contributed by atoms with Gasteiger partial charge in [-0.1, -0.05) is 0 Å². The number of ether oxygens (including phenoxy) is 2. The lowest BCUT2D eigenvalue weighted by Crippen LogP contribution is -2.26. The maximum atomic E-state index is 11.5. The molecular formula is C14H17N3O6. The summed E-state index contributed by atoms with van der Waals surface area (Å²) in [6, 6.07) is 5.32. The van der Waals surface area contributed by atoms with Gasteiger partial charge in [0.25, 0.3) is 11.6 Å². The van der Waals surface area contributed by atoms with Gasteiger partial charge in [-0.25, -0.2) is 5.43 Å². The van der Waals surface area contributed by atoms with Crippen molar-refractivity contribution in [3.05, 3.63) is 34.4 Å². The number of nitrogens with one attached hydrogen (secondary N) is 1. The Morgan fingerprint density at radius 2 is 1.96 bits per heavy atom. The van der Waals surface area contributed by atoms with Crippen molar-refractivity contribution in [1.82, 2.24) is 5.43 Å². The number of carbonyl (C=O) groups excluding carboxylic acids is 2. The molecule has 23 heavy (non-hydrogen) atoms. The Morgan fingerprint density at radius 1 is 1.30 bits per heavy atom. The van der Waals surface area contributed by atoms with E-state index in [2.05, 4.69) is 10.5 Å². The number of hydrogen-bond acceptors (Lipinski definition) is 7. The summed E-state index contributed by atoms with van der Waals surface area (Å²) in [6.07, 6.45) is -0.0165. The van der Waals surface area contributed by atoms with E-state index in [1.165, 1.54) is 24.3 Å². The lowest BCUT2D eigenvalue weighted by molar-refractivity contribution is -0.384. The van der Waals surface area contributed by atoms with Crippen molar-refractivity contribution in [3.8, 4) is 5.75 Å². The van der Waals surface area contributed by atoms with Gasteiger partial charge in [0.15, 0.2) is 6.61 Å². The number of amides is 1. The fourth-order valence-electron chi connectivity index (χ4n) is 1.46. The smallest absolute Gasteiger partial charge is 0.311 e. The zero-order chi connectivity index (χ0) is 17.2. The maximum absolute atomic E-state index is 11.5. The number of nitro groups is 1. The minimum absolute atomic E-state index is 0.0165. The molecule has 1 N–H and O–H groups in total. The molecular weight excluding hydrogens is 306 g/mol. The van der Waals surface area contributed by atoms with E-state index in [0.29, 0.717) is 11.5 Å². The van der Waals surface area contributed by atoms with Crippen molar-refractivity contribution in [3.63, 3.8) is 0 Å². The largest absolute Gasteiger partial charge is 0.484 e. The highest BCUT2D eigenvalue weighted by Gasteiger charge is 2.07. The van der Waals surface area contributed by atoms with Crippen LogP contribution in [0.2, 0.25) is 0 Å². The average Bonchev–Trinajstić information content (AvgIpc) is 2.51. The molecule has 0 aliphatic carbocycles. The number of esters is 1. The number of non-ortho nitro benzene ring substituents is 1. The molecule has 0 bridgehead atoms. The van der Waals surface area contributed by atoms with Gasteiger partial charge in [0.2, 0.25) is 0 Å². The van der Waals surface area contributed by atoms with Crippen LogP contribution in [0.4, 0.5) is 5.69 Å². The number of nitrogens with zero attached hydrogens (tertiary/aromatic N) is 2. The molecule has 1 rings (SSSR count). The first-order chi connectivity index (χ1) is 10.9. The van der Waals surface area contributed by atoms with E-state index in [-0.39, 0.29) is 25.3 Å². The normalized spacial score (nSPS) is 10.8. The van der Waals surface area contributed by atoms with Gasteiger partial charge in [-0.3, -0.25) is 19.7 Å². The predicted octanol–water partition coefficient (Wildman–Crippen LogP) is 1.42. The molecule has 0 atom stereocenters. The highest BCUT2D eigenvalue weighted by Crippen LogP contribution is 2.16. The summed E-state index contributed by atoms with van der Waals surface area (Å²) >= 11 is 0. The van der Waals surface area contributed by atoms with Gasteiger partial charge in [0.05, 0.1) is 18.0 Å². The van der Waals surface area contributed by atoms with Gasteiger partial charge in [-0.05, 0) is 26.0 Å². The van der Waals surface area contributed by atoms with E-state index in [4.69, 9.17) is 9.47 Å². The fraction of sp³-hybridized carbons (Fsp3) is 0.357. The third kappa shape index (κ3) is 7.02. The highest BCUT2D eigenvalue weighted by atomic mass is 16.6. The SMILES string of the molecule is CCOC(=O)CC(C)=NNC(=O)COc1ccc([N+](=O)[O-])cc1. The van der Waals surface area contributed by atoms with E-state index in [0.717, 1.165) is 0 Å². The van der Waals surface area contributed by atoms with E-state index >= 15 is 0 Å². The van der Waals surface area contributed by atoms with Gasteiger partial charge < -0.3 is 9.47 Å². The summed E-state index contributed by atoms with van der Waals surface area (Å²) < 4.78 is 9.90. The van der Waals surface area contributed by atoms with Crippen molar-refractivity contribution in [2.75, 3.05) is 13.2 Å². The van der Waals surface area contributed by atoms with Crippen LogP contribution in [0.1, 0.15) is 20.3 Å². The maximum Gasteiger partial charge on any atom is 0.311 e. The molecule has 124 valence electrons. The van der Waals surface area contributed by atoms with Crippen LogP contribution in [-0.4, -0.2) is 35.7 Å². The van der Waals surface area contributed by atoms with E-state index in [9.17, 15) is 19.7 Å². The summed E-state index contributed by atoms with van der Waals surface area (Å²) in [6.45, 7) is 3.24. The molecule has 0 aliphatic heterocycles. The molecule has 0 unspecified atom stereocenters. The second-order valence-corrected chi connectivity index (χ2v) is 4.40. The Morgan fingerprint density at radius 3 is 2.52 bits per heavy atom. The van der Waals surface area contributed by atoms with E-state index in [1.807, 2.05) is 0 Å². The number of nitro benzene ring substituents is 1. The molecule has 1 amide bonds. The van der Waals surface area contributed by atoms with Crippen LogP contribution in [0, 0.1) is 10.1 Å². The van der Waals surface area contributed by atoms with Crippen LogP contribution in [0.25, 0.3) is 0 Å². The molecule has 1 aromatic rings. The molecule has 0 fully saturated rings. The summed E-state index contributed by atoms with van der Waals surface area (Å²) in [5.41, 5.74) is 2.56. The summed E-state index contributed by atoms with van der Waals surface area (Å²) in [5, 5.41) is 14.2. The Balaban J connectivity index is 2.39. The number of benzene rings is 1. The van der Waals surface area contributed by atoms with Crippen LogP contribution in [0.15, 0.2) is 29.4 Å². The second kappa shape index (κ2) is 9.13. The van der Waals surface area contributed by atoms with Crippen molar-refractivity contribution in [2.45, 2.75) is 20.3 Å². The van der Waals surface area contributed by atoms with Gasteiger partial charge in [0.1, 0.15) is 5.75 Å². The third-order valence-electron chi connectivity index (χ3n) is 2.49. The first-order valence-corrected chi connectivity index (χ1v) is 6.77. The fourth-order valence-corrected chi connectivity index (χ4v) is 1.46. The zero-order valence-corrected chi connectivity index (χ0v) is 12.8. The van der Waals surface area contributed by atoms with E-state index < -0.39 is 16.8 Å². The molecule has 0 radical (unpaired) electrons. The molecule has 9 heteroatoms. The number of hydrogen-bond donors (Lipinski definition) is 1. The lowest BCUT2D eigenvalue weighted by Gasteiger charge is -2.05. The van der Waals surface area contributed by atoms with Crippen LogP contribution < -0.4 is 10.2 Å². The molecule has 0 spiro atoms. The molecule has 0 aliphatic rings. The van der Waals surface area contributed by atoms with Crippen LogP contribution in [0.5, 0.6) is 5.75 Å². The Hall–Kier alpha value is -2.97. The third-order valence-corrected chi connectivity index (χ3v) is 2.49. The van der Waals surface area contributed by atoms with Crippen molar-refractivity contribution < 1.29 is 24.0 Å². The molecule has 0 heterocycles. The summed E-state index contributed by atoms with van der Waals surface area (Å²) in [7, 11) is 0. The van der Waals surface area contributed by atoms with E-state index in [1.54, 1.807) is 13.8 Å². The predicted molar refractivity (Wildman–Crippen MR) is 81.1 cm³/mol. The Bertz CT molecular complexity index is 597. The van der Waals surface area contributed by atoms with Gasteiger partial charge >= 0.3 is 5.97 Å². The first kappa shape index (κ1) is 18.1. The molecule has 9 nitrogen and oxygen atoms in total. The van der Waals surface area contributed by atoms with Crippen LogP contribution in [0.3, 0.4) is 0 Å². The summed E-state index contributed by atoms with van der Waals surface area (Å²) in [5.74, 6) is -0.630. The highest BCUT2D eigenvalue weighted by molar-refractivity contribution is 5.98. The molecule has 0 saturated carbocycles. The molecule has 1 aromatic carbocycles. The second-order valence-electron chi connectivity index (χ2n) is 4.40. The number of rotatable bonds is 8. The Kier molecular flexibility index (Phi) is 7.18. The minimum Gasteiger partial charge on any atom is -0.484 e.